The normalized spacial score (nSPS) is 15.9. The maximum absolute atomic E-state index is 12.9. The second-order valence-corrected chi connectivity index (χ2v) is 9.42. The van der Waals surface area contributed by atoms with E-state index < -0.39 is 21.8 Å². The maximum Gasteiger partial charge on any atom is 0.258 e. The number of benzene rings is 1. The lowest BCUT2D eigenvalue weighted by atomic mass is 10.1. The Balaban J connectivity index is 1.87. The number of carbonyl (C=O) groups is 1. The zero-order valence-corrected chi connectivity index (χ0v) is 18.1. The smallest absolute Gasteiger partial charge is 0.258 e. The molecule has 0 saturated heterocycles. The standard InChI is InChI=1S/C22H27N3O4S/c1-3-17(13-14-30(2,27)28)24-21(26)19-15-23-20(16-9-7-8-10-16)25-22(19)29-18-11-5-4-6-12-18/h4-6,11-17H,3,7-10H2,1-2H3,(H,24,26)/b14-13+. The monoisotopic (exact) mass is 429 g/mol. The highest BCUT2D eigenvalue weighted by molar-refractivity contribution is 7.93. The van der Waals surface area contributed by atoms with Gasteiger partial charge in [0.25, 0.3) is 5.91 Å². The molecule has 0 radical (unpaired) electrons. The lowest BCUT2D eigenvalue weighted by Crippen LogP contribution is -2.33. The Labute approximate surface area is 177 Å². The fourth-order valence-electron chi connectivity index (χ4n) is 3.36. The van der Waals surface area contributed by atoms with Crippen LogP contribution in [0, 0.1) is 0 Å². The van der Waals surface area contributed by atoms with Crippen LogP contribution in [0.1, 0.15) is 61.1 Å². The van der Waals surface area contributed by atoms with Crippen molar-refractivity contribution in [1.29, 1.82) is 0 Å². The Morgan fingerprint density at radius 1 is 1.27 bits per heavy atom. The molecule has 1 aromatic heterocycles. The van der Waals surface area contributed by atoms with Crippen LogP contribution in [0.4, 0.5) is 0 Å². The molecule has 7 nitrogen and oxygen atoms in total. The van der Waals surface area contributed by atoms with E-state index in [1.807, 2.05) is 25.1 Å². The summed E-state index contributed by atoms with van der Waals surface area (Å²) in [5, 5.41) is 3.92. The first kappa shape index (κ1) is 22.0. The molecular weight excluding hydrogens is 402 g/mol. The molecule has 0 spiro atoms. The van der Waals surface area contributed by atoms with Gasteiger partial charge in [0.2, 0.25) is 5.88 Å². The van der Waals surface area contributed by atoms with E-state index in [0.29, 0.717) is 18.0 Å². The average molecular weight is 430 g/mol. The third-order valence-corrected chi connectivity index (χ3v) is 5.66. The first-order valence-electron chi connectivity index (χ1n) is 10.1. The summed E-state index contributed by atoms with van der Waals surface area (Å²) in [5.74, 6) is 1.34. The number of nitrogens with zero attached hydrogens (tertiary/aromatic N) is 2. The quantitative estimate of drug-likeness (QED) is 0.681. The molecule has 1 heterocycles. The molecule has 3 rings (SSSR count). The minimum atomic E-state index is -3.27. The second kappa shape index (κ2) is 9.84. The van der Waals surface area contributed by atoms with E-state index in [2.05, 4.69) is 15.3 Å². The van der Waals surface area contributed by atoms with Crippen molar-refractivity contribution in [3.8, 4) is 11.6 Å². The first-order valence-corrected chi connectivity index (χ1v) is 12.1. The number of nitrogens with one attached hydrogen (secondary N) is 1. The van der Waals surface area contributed by atoms with E-state index in [-0.39, 0.29) is 17.4 Å². The van der Waals surface area contributed by atoms with Crippen molar-refractivity contribution in [1.82, 2.24) is 15.3 Å². The highest BCUT2D eigenvalue weighted by Crippen LogP contribution is 2.34. The molecule has 1 aliphatic carbocycles. The van der Waals surface area contributed by atoms with Gasteiger partial charge in [0.15, 0.2) is 9.84 Å². The van der Waals surface area contributed by atoms with Gasteiger partial charge in [0.1, 0.15) is 17.1 Å². The Bertz CT molecular complexity index is 1000. The summed E-state index contributed by atoms with van der Waals surface area (Å²) in [6, 6.07) is 8.72. The van der Waals surface area contributed by atoms with Crippen molar-refractivity contribution < 1.29 is 17.9 Å². The Hall–Kier alpha value is -2.74. The van der Waals surface area contributed by atoms with Crippen LogP contribution in [0.3, 0.4) is 0 Å². The summed E-state index contributed by atoms with van der Waals surface area (Å²) in [4.78, 5) is 21.9. The van der Waals surface area contributed by atoms with E-state index in [1.165, 1.54) is 12.3 Å². The topological polar surface area (TPSA) is 98.2 Å². The summed E-state index contributed by atoms with van der Waals surface area (Å²) in [6.45, 7) is 1.86. The largest absolute Gasteiger partial charge is 0.438 e. The number of hydrogen-bond acceptors (Lipinski definition) is 6. The van der Waals surface area contributed by atoms with Gasteiger partial charge in [-0.2, -0.15) is 4.98 Å². The van der Waals surface area contributed by atoms with E-state index in [1.54, 1.807) is 12.1 Å². The highest BCUT2D eigenvalue weighted by atomic mass is 32.2. The molecule has 2 aromatic rings. The van der Waals surface area contributed by atoms with Crippen molar-refractivity contribution in [2.24, 2.45) is 0 Å². The van der Waals surface area contributed by atoms with E-state index in [4.69, 9.17) is 4.74 Å². The minimum absolute atomic E-state index is 0.206. The Kier molecular flexibility index (Phi) is 7.20. The predicted octanol–water partition coefficient (Wildman–Crippen LogP) is 3.99. The molecule has 1 unspecified atom stereocenters. The third kappa shape index (κ3) is 6.13. The summed E-state index contributed by atoms with van der Waals surface area (Å²) < 4.78 is 28.7. The van der Waals surface area contributed by atoms with E-state index in [9.17, 15) is 13.2 Å². The van der Waals surface area contributed by atoms with Crippen LogP contribution in [0.15, 0.2) is 48.0 Å². The molecule has 0 aliphatic heterocycles. The summed E-state index contributed by atoms with van der Waals surface area (Å²) in [6.07, 6.45) is 8.98. The van der Waals surface area contributed by atoms with Gasteiger partial charge in [-0.25, -0.2) is 13.4 Å². The second-order valence-electron chi connectivity index (χ2n) is 7.49. The van der Waals surface area contributed by atoms with Crippen molar-refractivity contribution >= 4 is 15.7 Å². The van der Waals surface area contributed by atoms with Crippen LogP contribution in [0.25, 0.3) is 0 Å². The fourth-order valence-corrected chi connectivity index (χ4v) is 3.84. The van der Waals surface area contributed by atoms with Gasteiger partial charge in [-0.05, 0) is 31.4 Å². The van der Waals surface area contributed by atoms with Crippen LogP contribution < -0.4 is 10.1 Å². The number of aromatic nitrogens is 2. The molecule has 1 aromatic carbocycles. The van der Waals surface area contributed by atoms with Crippen LogP contribution in [0.5, 0.6) is 11.6 Å². The van der Waals surface area contributed by atoms with Gasteiger partial charge in [0, 0.05) is 29.8 Å². The summed E-state index contributed by atoms with van der Waals surface area (Å²) in [5.41, 5.74) is 0.215. The molecule has 1 N–H and O–H groups in total. The van der Waals surface area contributed by atoms with Gasteiger partial charge < -0.3 is 10.1 Å². The molecule has 1 aliphatic rings. The van der Waals surface area contributed by atoms with Gasteiger partial charge in [0.05, 0.1) is 0 Å². The van der Waals surface area contributed by atoms with Crippen LogP contribution in [0.2, 0.25) is 0 Å². The average Bonchev–Trinajstić information content (AvgIpc) is 3.26. The molecule has 1 amide bonds. The predicted molar refractivity (Wildman–Crippen MR) is 115 cm³/mol. The summed E-state index contributed by atoms with van der Waals surface area (Å²) in [7, 11) is -3.27. The molecule has 1 fully saturated rings. The highest BCUT2D eigenvalue weighted by Gasteiger charge is 2.24. The number of ether oxygens (including phenoxy) is 1. The zero-order valence-electron chi connectivity index (χ0n) is 17.2. The molecule has 30 heavy (non-hydrogen) atoms. The van der Waals surface area contributed by atoms with Gasteiger partial charge in [-0.15, -0.1) is 0 Å². The number of rotatable bonds is 8. The third-order valence-electron chi connectivity index (χ3n) is 5.01. The minimum Gasteiger partial charge on any atom is -0.438 e. The summed E-state index contributed by atoms with van der Waals surface area (Å²) >= 11 is 0. The van der Waals surface area contributed by atoms with Crippen LogP contribution in [-0.4, -0.2) is 36.6 Å². The van der Waals surface area contributed by atoms with Crippen molar-refractivity contribution in [3.63, 3.8) is 0 Å². The number of para-hydroxylation sites is 1. The van der Waals surface area contributed by atoms with Crippen molar-refractivity contribution in [2.75, 3.05) is 6.26 Å². The number of amides is 1. The zero-order chi connectivity index (χ0) is 21.6. The van der Waals surface area contributed by atoms with Crippen molar-refractivity contribution in [2.45, 2.75) is 51.0 Å². The SMILES string of the molecule is CCC(/C=C/S(C)(=O)=O)NC(=O)c1cnc(C2CCCC2)nc1Oc1ccccc1. The Morgan fingerprint density at radius 2 is 1.97 bits per heavy atom. The van der Waals surface area contributed by atoms with Gasteiger partial charge >= 0.3 is 0 Å². The molecule has 8 heteroatoms. The number of sulfone groups is 1. The number of carbonyl (C=O) groups excluding carboxylic acids is 1. The molecule has 0 bridgehead atoms. The van der Waals surface area contributed by atoms with Crippen LogP contribution in [-0.2, 0) is 9.84 Å². The van der Waals surface area contributed by atoms with E-state index in [0.717, 1.165) is 37.3 Å². The number of hydrogen-bond donors (Lipinski definition) is 1. The van der Waals surface area contributed by atoms with Gasteiger partial charge in [-0.3, -0.25) is 4.79 Å². The van der Waals surface area contributed by atoms with Gasteiger partial charge in [-0.1, -0.05) is 44.0 Å². The lowest BCUT2D eigenvalue weighted by Gasteiger charge is -2.16. The van der Waals surface area contributed by atoms with Crippen LogP contribution >= 0.6 is 0 Å². The Morgan fingerprint density at radius 3 is 2.60 bits per heavy atom. The lowest BCUT2D eigenvalue weighted by molar-refractivity contribution is 0.0940. The molecule has 160 valence electrons. The maximum atomic E-state index is 12.9. The fraction of sp³-hybridized carbons (Fsp3) is 0.409. The molecule has 1 saturated carbocycles. The molecular formula is C22H27N3O4S. The molecule has 1 atom stereocenters. The van der Waals surface area contributed by atoms with E-state index >= 15 is 0 Å². The first-order chi connectivity index (χ1) is 14.4. The van der Waals surface area contributed by atoms with Crippen molar-refractivity contribution in [3.05, 3.63) is 59.4 Å².